The number of likely N-dealkylation sites (tertiary alicyclic amines) is 1. The summed E-state index contributed by atoms with van der Waals surface area (Å²) in [7, 11) is 0. The molecule has 124 valence electrons. The van der Waals surface area contributed by atoms with Crippen molar-refractivity contribution in [2.75, 3.05) is 26.2 Å². The van der Waals surface area contributed by atoms with E-state index in [1.807, 2.05) is 0 Å². The Morgan fingerprint density at radius 3 is 2.52 bits per heavy atom. The van der Waals surface area contributed by atoms with Gasteiger partial charge in [-0.2, -0.15) is 0 Å². The molecule has 0 saturated carbocycles. The van der Waals surface area contributed by atoms with Crippen molar-refractivity contribution in [1.29, 1.82) is 0 Å². The van der Waals surface area contributed by atoms with Crippen LogP contribution in [0.25, 0.3) is 0 Å². The standard InChI is InChI=1S/C19H26N2O2/c1-13-2-4-14(5-3-13)16-12-21(17(23)8-11-22)18-15-6-9-20(10-7-15)19(16)18/h2-5,15-16,18-19,22H,6-12H2,1H3/t16-,18-,19-/m0/s1. The van der Waals surface area contributed by atoms with Crippen LogP contribution in [0.2, 0.25) is 0 Å². The monoisotopic (exact) mass is 314 g/mol. The molecule has 0 aromatic heterocycles. The van der Waals surface area contributed by atoms with Gasteiger partial charge in [0.15, 0.2) is 0 Å². The van der Waals surface area contributed by atoms with E-state index in [1.54, 1.807) is 0 Å². The van der Waals surface area contributed by atoms with Crippen LogP contribution in [0.1, 0.15) is 36.3 Å². The number of carbonyl (C=O) groups excluding carboxylic acids is 1. The molecule has 0 radical (unpaired) electrons. The maximum Gasteiger partial charge on any atom is 0.225 e. The molecular weight excluding hydrogens is 288 g/mol. The number of benzene rings is 1. The zero-order chi connectivity index (χ0) is 16.0. The van der Waals surface area contributed by atoms with Crippen molar-refractivity contribution >= 4 is 5.91 Å². The van der Waals surface area contributed by atoms with Gasteiger partial charge in [0.1, 0.15) is 0 Å². The van der Waals surface area contributed by atoms with Crippen molar-refractivity contribution in [3.8, 4) is 0 Å². The molecule has 1 amide bonds. The van der Waals surface area contributed by atoms with Gasteiger partial charge in [0.05, 0.1) is 12.6 Å². The van der Waals surface area contributed by atoms with E-state index in [2.05, 4.69) is 41.0 Å². The molecule has 4 aliphatic rings. The second-order valence-corrected chi connectivity index (χ2v) is 7.39. The molecule has 4 heteroatoms. The summed E-state index contributed by atoms with van der Waals surface area (Å²) in [5.41, 5.74) is 2.64. The molecule has 0 unspecified atom stereocenters. The van der Waals surface area contributed by atoms with Crippen LogP contribution in [0.15, 0.2) is 24.3 Å². The Bertz CT molecular complexity index is 578. The van der Waals surface area contributed by atoms with Crippen LogP contribution in [0.4, 0.5) is 0 Å². The fourth-order valence-electron chi connectivity index (χ4n) is 5.05. The third-order valence-electron chi connectivity index (χ3n) is 6.15. The van der Waals surface area contributed by atoms with Crippen molar-refractivity contribution in [2.45, 2.75) is 44.2 Å². The number of nitrogens with zero attached hydrogens (tertiary/aromatic N) is 2. The van der Waals surface area contributed by atoms with E-state index in [1.165, 1.54) is 37.1 Å². The van der Waals surface area contributed by atoms with Gasteiger partial charge in [-0.3, -0.25) is 9.69 Å². The summed E-state index contributed by atoms with van der Waals surface area (Å²) in [6.07, 6.45) is 2.69. The van der Waals surface area contributed by atoms with Crippen LogP contribution >= 0.6 is 0 Å². The van der Waals surface area contributed by atoms with Crippen LogP contribution in [0, 0.1) is 12.8 Å². The average Bonchev–Trinajstić information content (AvgIpc) is 3.00. The minimum Gasteiger partial charge on any atom is -0.396 e. The van der Waals surface area contributed by atoms with Crippen LogP contribution < -0.4 is 0 Å². The summed E-state index contributed by atoms with van der Waals surface area (Å²) in [4.78, 5) is 17.3. The number of carbonyl (C=O) groups is 1. The summed E-state index contributed by atoms with van der Waals surface area (Å²) in [5.74, 6) is 1.18. The maximum absolute atomic E-state index is 12.6. The lowest BCUT2D eigenvalue weighted by Gasteiger charge is -2.51. The van der Waals surface area contributed by atoms with Crippen LogP contribution in [0.3, 0.4) is 0 Å². The normalized spacial score (nSPS) is 35.4. The predicted octanol–water partition coefficient (Wildman–Crippen LogP) is 1.77. The summed E-state index contributed by atoms with van der Waals surface area (Å²) in [5, 5.41) is 9.18. The lowest BCUT2D eigenvalue weighted by Crippen LogP contribution is -2.60. The quantitative estimate of drug-likeness (QED) is 0.925. The van der Waals surface area contributed by atoms with Gasteiger partial charge in [-0.05, 0) is 44.3 Å². The third-order valence-corrected chi connectivity index (χ3v) is 6.15. The number of amides is 1. The van der Waals surface area contributed by atoms with Gasteiger partial charge in [-0.25, -0.2) is 0 Å². The molecule has 1 aromatic rings. The fourth-order valence-corrected chi connectivity index (χ4v) is 5.05. The van der Waals surface area contributed by atoms with Crippen molar-refractivity contribution in [1.82, 2.24) is 9.80 Å². The smallest absolute Gasteiger partial charge is 0.225 e. The highest BCUT2D eigenvalue weighted by atomic mass is 16.3. The number of piperidine rings is 3. The van der Waals surface area contributed by atoms with Gasteiger partial charge in [-0.15, -0.1) is 0 Å². The minimum absolute atomic E-state index is 0.0453. The van der Waals surface area contributed by atoms with Gasteiger partial charge in [0.25, 0.3) is 0 Å². The number of aryl methyl sites for hydroxylation is 1. The van der Waals surface area contributed by atoms with Crippen LogP contribution in [-0.4, -0.2) is 59.1 Å². The first kappa shape index (κ1) is 15.2. The Kier molecular flexibility index (Phi) is 3.90. The molecule has 2 bridgehead atoms. The van der Waals surface area contributed by atoms with E-state index in [4.69, 9.17) is 0 Å². The zero-order valence-corrected chi connectivity index (χ0v) is 13.8. The number of hydrogen-bond donors (Lipinski definition) is 1. The van der Waals surface area contributed by atoms with Crippen LogP contribution in [-0.2, 0) is 4.79 Å². The highest BCUT2D eigenvalue weighted by Crippen LogP contribution is 2.46. The number of rotatable bonds is 3. The average molecular weight is 314 g/mol. The van der Waals surface area contributed by atoms with E-state index in [9.17, 15) is 9.90 Å². The van der Waals surface area contributed by atoms with Gasteiger partial charge in [0.2, 0.25) is 5.91 Å². The maximum atomic E-state index is 12.6. The van der Waals surface area contributed by atoms with Crippen molar-refractivity contribution < 1.29 is 9.90 Å². The fraction of sp³-hybridized carbons (Fsp3) is 0.632. The van der Waals surface area contributed by atoms with Crippen molar-refractivity contribution in [2.24, 2.45) is 5.92 Å². The largest absolute Gasteiger partial charge is 0.396 e. The number of fused-ring (bicyclic) bond motifs is 2. The van der Waals surface area contributed by atoms with Crippen molar-refractivity contribution in [3.05, 3.63) is 35.4 Å². The molecule has 0 aliphatic carbocycles. The lowest BCUT2D eigenvalue weighted by atomic mass is 9.75. The Hall–Kier alpha value is -1.39. The minimum atomic E-state index is -0.0453. The molecule has 23 heavy (non-hydrogen) atoms. The van der Waals surface area contributed by atoms with E-state index in [-0.39, 0.29) is 18.9 Å². The van der Waals surface area contributed by atoms with E-state index < -0.39 is 0 Å². The first-order valence-corrected chi connectivity index (χ1v) is 8.90. The summed E-state index contributed by atoms with van der Waals surface area (Å²) in [6, 6.07) is 9.65. The van der Waals surface area contributed by atoms with Gasteiger partial charge >= 0.3 is 0 Å². The highest BCUT2D eigenvalue weighted by molar-refractivity contribution is 5.77. The first-order valence-electron chi connectivity index (χ1n) is 8.90. The Balaban J connectivity index is 1.67. The van der Waals surface area contributed by atoms with Gasteiger partial charge < -0.3 is 10.0 Å². The topological polar surface area (TPSA) is 43.8 Å². The second kappa shape index (κ2) is 5.91. The SMILES string of the molecule is Cc1ccc([C@@H]2CN(C(=O)CCO)[C@H]3C4CCN(CC4)[C@@H]23)cc1. The summed E-state index contributed by atoms with van der Waals surface area (Å²) in [6.45, 7) is 5.23. The zero-order valence-electron chi connectivity index (χ0n) is 13.8. The first-order chi connectivity index (χ1) is 11.2. The molecule has 0 spiro atoms. The molecule has 1 N–H and O–H groups in total. The lowest BCUT2D eigenvalue weighted by molar-refractivity contribution is -0.136. The van der Waals surface area contributed by atoms with E-state index >= 15 is 0 Å². The van der Waals surface area contributed by atoms with Crippen LogP contribution in [0.5, 0.6) is 0 Å². The Morgan fingerprint density at radius 2 is 1.87 bits per heavy atom. The molecule has 1 aromatic carbocycles. The summed E-state index contributed by atoms with van der Waals surface area (Å²) >= 11 is 0. The molecule has 3 atom stereocenters. The van der Waals surface area contributed by atoms with Crippen molar-refractivity contribution in [3.63, 3.8) is 0 Å². The number of aliphatic hydroxyl groups excluding tert-OH is 1. The molecule has 4 fully saturated rings. The molecule has 4 heterocycles. The predicted molar refractivity (Wildman–Crippen MR) is 89.2 cm³/mol. The summed E-state index contributed by atoms with van der Waals surface area (Å²) < 4.78 is 0. The third kappa shape index (κ3) is 2.48. The van der Waals surface area contributed by atoms with Gasteiger partial charge in [0, 0.05) is 24.9 Å². The van der Waals surface area contributed by atoms with E-state index in [0.29, 0.717) is 23.9 Å². The van der Waals surface area contributed by atoms with E-state index in [0.717, 1.165) is 6.54 Å². The second-order valence-electron chi connectivity index (χ2n) is 7.39. The highest BCUT2D eigenvalue weighted by Gasteiger charge is 2.54. The molecule has 4 nitrogen and oxygen atoms in total. The Labute approximate surface area is 138 Å². The van der Waals surface area contributed by atoms with Gasteiger partial charge in [-0.1, -0.05) is 29.8 Å². The Morgan fingerprint density at radius 1 is 1.17 bits per heavy atom. The number of aliphatic hydroxyl groups is 1. The number of hydrogen-bond acceptors (Lipinski definition) is 3. The molecular formula is C19H26N2O2. The molecule has 4 saturated heterocycles. The molecule has 5 rings (SSSR count). The molecule has 4 aliphatic heterocycles.